The third-order valence-corrected chi connectivity index (χ3v) is 6.41. The fourth-order valence-corrected chi connectivity index (χ4v) is 5.05. The predicted octanol–water partition coefficient (Wildman–Crippen LogP) is 3.77. The van der Waals surface area contributed by atoms with Gasteiger partial charge >= 0.3 is 0 Å². The predicted molar refractivity (Wildman–Crippen MR) is 109 cm³/mol. The van der Waals surface area contributed by atoms with Crippen LogP contribution in [0.4, 0.5) is 0 Å². The zero-order valence-electron chi connectivity index (χ0n) is 14.3. The van der Waals surface area contributed by atoms with Crippen molar-refractivity contribution in [1.29, 1.82) is 0 Å². The zero-order chi connectivity index (χ0) is 18.5. The highest BCUT2D eigenvalue weighted by Gasteiger charge is 2.25. The van der Waals surface area contributed by atoms with Crippen molar-refractivity contribution in [2.24, 2.45) is 0 Å². The lowest BCUT2D eigenvalue weighted by Crippen LogP contribution is -2.35. The highest BCUT2D eigenvalue weighted by atomic mass is 32.1. The molecule has 0 saturated carbocycles. The molecule has 7 heteroatoms. The Hall–Kier alpha value is -2.77. The molecular weight excluding hydrogens is 378 g/mol. The number of H-pyrrole nitrogens is 1. The van der Waals surface area contributed by atoms with E-state index in [2.05, 4.69) is 17.1 Å². The highest BCUT2D eigenvalue weighted by molar-refractivity contribution is 7.73. The van der Waals surface area contributed by atoms with Crippen molar-refractivity contribution in [2.45, 2.75) is 13.0 Å². The molecule has 0 fully saturated rings. The molecular formula is C20H15N3O2S2. The minimum absolute atomic E-state index is 0.0889. The Balaban J connectivity index is 1.65. The van der Waals surface area contributed by atoms with Crippen LogP contribution in [0.1, 0.15) is 20.8 Å². The summed E-state index contributed by atoms with van der Waals surface area (Å²) in [4.78, 5) is 30.9. The van der Waals surface area contributed by atoms with Crippen molar-refractivity contribution in [3.05, 3.63) is 78.8 Å². The quantitative estimate of drug-likeness (QED) is 0.501. The summed E-state index contributed by atoms with van der Waals surface area (Å²) in [5, 5.41) is 0.560. The summed E-state index contributed by atoms with van der Waals surface area (Å²) in [5.41, 5.74) is 3.45. The van der Waals surface area contributed by atoms with Gasteiger partial charge in [-0.15, -0.1) is 0 Å². The van der Waals surface area contributed by atoms with Gasteiger partial charge in [0.05, 0.1) is 10.9 Å². The number of nitrogens with one attached hydrogen (secondary N) is 1. The number of amides is 1. The van der Waals surface area contributed by atoms with Crippen molar-refractivity contribution in [1.82, 2.24) is 14.3 Å². The van der Waals surface area contributed by atoms with E-state index in [1.54, 1.807) is 10.5 Å². The molecule has 0 aliphatic carbocycles. The topological polar surface area (TPSA) is 57.6 Å². The first-order chi connectivity index (χ1) is 13.1. The Kier molecular flexibility index (Phi) is 3.73. The smallest absolute Gasteiger partial charge is 0.268 e. The van der Waals surface area contributed by atoms with E-state index in [1.165, 1.54) is 22.5 Å². The van der Waals surface area contributed by atoms with E-state index in [0.29, 0.717) is 33.0 Å². The van der Waals surface area contributed by atoms with Gasteiger partial charge in [-0.2, -0.15) is 0 Å². The Morgan fingerprint density at radius 3 is 2.67 bits per heavy atom. The first kappa shape index (κ1) is 16.4. The molecule has 0 atom stereocenters. The Morgan fingerprint density at radius 2 is 1.81 bits per heavy atom. The number of rotatable bonds is 1. The van der Waals surface area contributed by atoms with Crippen molar-refractivity contribution >= 4 is 46.0 Å². The van der Waals surface area contributed by atoms with Crippen LogP contribution in [0.25, 0.3) is 16.6 Å². The summed E-state index contributed by atoms with van der Waals surface area (Å²) < 4.78 is 2.35. The molecule has 2 aromatic carbocycles. The van der Waals surface area contributed by atoms with E-state index in [4.69, 9.17) is 12.2 Å². The van der Waals surface area contributed by atoms with Gasteiger partial charge in [0.2, 0.25) is 0 Å². The monoisotopic (exact) mass is 393 g/mol. The number of benzene rings is 2. The van der Waals surface area contributed by atoms with Crippen LogP contribution in [0.3, 0.4) is 0 Å². The van der Waals surface area contributed by atoms with Crippen LogP contribution in [0, 0.1) is 3.95 Å². The van der Waals surface area contributed by atoms with Gasteiger partial charge in [-0.25, -0.2) is 0 Å². The second-order valence-electron chi connectivity index (χ2n) is 6.60. The van der Waals surface area contributed by atoms with Gasteiger partial charge in [0, 0.05) is 13.1 Å². The van der Waals surface area contributed by atoms with E-state index in [-0.39, 0.29) is 11.5 Å². The van der Waals surface area contributed by atoms with Crippen LogP contribution in [-0.4, -0.2) is 26.7 Å². The third-order valence-electron chi connectivity index (χ3n) is 5.04. The molecule has 4 aromatic rings. The van der Waals surface area contributed by atoms with E-state index in [9.17, 15) is 9.59 Å². The van der Waals surface area contributed by atoms with Crippen molar-refractivity contribution in [2.75, 3.05) is 6.54 Å². The zero-order valence-corrected chi connectivity index (χ0v) is 15.9. The molecule has 1 aliphatic heterocycles. The van der Waals surface area contributed by atoms with Gasteiger partial charge < -0.3 is 9.88 Å². The number of hydrogen-bond donors (Lipinski definition) is 1. The fourth-order valence-electron chi connectivity index (χ4n) is 3.70. The SMILES string of the molecule is O=C(c1sc(=S)n2c1[nH]c(=O)c1ccccc12)N1CCc2ccccc2C1. The maximum Gasteiger partial charge on any atom is 0.268 e. The lowest BCUT2D eigenvalue weighted by molar-refractivity contribution is 0.0741. The number of aromatic nitrogens is 2. The summed E-state index contributed by atoms with van der Waals surface area (Å²) in [6.07, 6.45) is 0.832. The van der Waals surface area contributed by atoms with Crippen LogP contribution >= 0.6 is 23.6 Å². The van der Waals surface area contributed by atoms with Crippen LogP contribution in [-0.2, 0) is 13.0 Å². The molecule has 134 valence electrons. The van der Waals surface area contributed by atoms with Crippen molar-refractivity contribution in [3.63, 3.8) is 0 Å². The molecule has 2 aromatic heterocycles. The van der Waals surface area contributed by atoms with Gasteiger partial charge in [-0.1, -0.05) is 47.7 Å². The van der Waals surface area contributed by atoms with Gasteiger partial charge in [0.1, 0.15) is 10.5 Å². The van der Waals surface area contributed by atoms with Crippen LogP contribution in [0.15, 0.2) is 53.3 Å². The number of nitrogens with zero attached hydrogens (tertiary/aromatic N) is 2. The van der Waals surface area contributed by atoms with E-state index >= 15 is 0 Å². The van der Waals surface area contributed by atoms with E-state index < -0.39 is 0 Å². The summed E-state index contributed by atoms with van der Waals surface area (Å²) in [6, 6.07) is 15.5. The Labute approximate surface area is 163 Å². The molecule has 1 aliphatic rings. The molecule has 0 bridgehead atoms. The number of para-hydroxylation sites is 1. The number of fused-ring (bicyclic) bond motifs is 4. The van der Waals surface area contributed by atoms with E-state index in [0.717, 1.165) is 11.9 Å². The van der Waals surface area contributed by atoms with Crippen LogP contribution in [0.5, 0.6) is 0 Å². The van der Waals surface area contributed by atoms with Gasteiger partial charge in [-0.3, -0.25) is 14.0 Å². The molecule has 0 saturated heterocycles. The second-order valence-corrected chi connectivity index (χ2v) is 8.24. The highest BCUT2D eigenvalue weighted by Crippen LogP contribution is 2.26. The minimum Gasteiger partial charge on any atom is -0.333 e. The number of carbonyl (C=O) groups is 1. The van der Waals surface area contributed by atoms with Crippen molar-refractivity contribution in [3.8, 4) is 0 Å². The molecule has 0 spiro atoms. The van der Waals surface area contributed by atoms with Gasteiger partial charge in [0.25, 0.3) is 11.5 Å². The molecule has 5 rings (SSSR count). The number of hydrogen-bond acceptors (Lipinski definition) is 4. The summed E-state index contributed by atoms with van der Waals surface area (Å²) in [5.74, 6) is -0.0889. The standard InChI is InChI=1S/C20H15N3O2S2/c24-18-14-7-3-4-8-15(14)23-17(21-18)16(27-20(23)26)19(25)22-10-9-12-5-1-2-6-13(12)11-22/h1-8H,9-11H2,(H,21,24). The van der Waals surface area contributed by atoms with E-state index in [1.807, 2.05) is 35.2 Å². The number of aromatic amines is 1. The molecule has 1 N–H and O–H groups in total. The normalized spacial score (nSPS) is 13.9. The molecule has 1 amide bonds. The Morgan fingerprint density at radius 1 is 1.07 bits per heavy atom. The van der Waals surface area contributed by atoms with Crippen LogP contribution < -0.4 is 5.56 Å². The number of thiazole rings is 1. The minimum atomic E-state index is -0.212. The summed E-state index contributed by atoms with van der Waals surface area (Å²) in [7, 11) is 0. The average molecular weight is 393 g/mol. The summed E-state index contributed by atoms with van der Waals surface area (Å²) >= 11 is 6.77. The first-order valence-corrected chi connectivity index (χ1v) is 9.88. The fraction of sp³-hybridized carbons (Fsp3) is 0.150. The maximum absolute atomic E-state index is 13.2. The van der Waals surface area contributed by atoms with Crippen LogP contribution in [0.2, 0.25) is 0 Å². The third kappa shape index (κ3) is 2.54. The molecule has 0 radical (unpaired) electrons. The first-order valence-electron chi connectivity index (χ1n) is 8.66. The molecule has 5 nitrogen and oxygen atoms in total. The van der Waals surface area contributed by atoms with Crippen molar-refractivity contribution < 1.29 is 4.79 Å². The molecule has 3 heterocycles. The number of carbonyl (C=O) groups excluding carboxylic acids is 1. The second kappa shape index (κ2) is 6.14. The maximum atomic E-state index is 13.2. The Bertz CT molecular complexity index is 1330. The lowest BCUT2D eigenvalue weighted by Gasteiger charge is -2.28. The lowest BCUT2D eigenvalue weighted by atomic mass is 10.00. The average Bonchev–Trinajstić information content (AvgIpc) is 3.03. The molecule has 27 heavy (non-hydrogen) atoms. The molecule has 0 unspecified atom stereocenters. The van der Waals surface area contributed by atoms with Gasteiger partial charge in [-0.05, 0) is 41.9 Å². The van der Waals surface area contributed by atoms with Gasteiger partial charge in [0.15, 0.2) is 3.95 Å². The largest absolute Gasteiger partial charge is 0.333 e. The summed E-state index contributed by atoms with van der Waals surface area (Å²) in [6.45, 7) is 1.23.